The van der Waals surface area contributed by atoms with E-state index in [0.29, 0.717) is 19.8 Å². The van der Waals surface area contributed by atoms with E-state index < -0.39 is 92.2 Å². The molecule has 1 rings (SSSR count). The number of ketones is 5. The van der Waals surface area contributed by atoms with Gasteiger partial charge in [0.2, 0.25) is 0 Å². The van der Waals surface area contributed by atoms with E-state index in [-0.39, 0.29) is 93.1 Å². The second kappa shape index (κ2) is 48.7. The molecule has 0 spiro atoms. The standard InChI is InChI=1S/C10H16O5.C8H13BrO3.C8H14O3.C7H12O3.C6H8O3.C2H4O2.Br2.I2.K.H2O4S/c1-5-14-9(13)10(3,4)8(12)6-15-7(2)11;1-4-12-7(11)8(2,3)6(10)5-9;1-5-11-7(10)8(3,4)6(2)9;1-4-10-7(9)5(2)6(3)8;1-6(2)4(7)3-9-5(6)8;1-2(3)4;2*1-2;;1-5(2,3)4/h5-6H2,1-4H3;4-5H2,1-3H3;5H2,1-4H3;5H,4H2,1-3H3;3H2,1-2H3;1H3,(H,3,4);;;;(H2,1,2,3,4)/q;;;;;;;;+1;/p-1. The van der Waals surface area contributed by atoms with Crippen LogP contribution in [0.1, 0.15) is 118 Å². The molecule has 0 aromatic carbocycles. The van der Waals surface area contributed by atoms with Crippen LogP contribution in [0.4, 0.5) is 0 Å². The van der Waals surface area contributed by atoms with Crippen molar-refractivity contribution in [2.45, 2.75) is 118 Å². The first-order valence-electron chi connectivity index (χ1n) is 19.9. The molecular formula is C41H68Br3I2KO23S. The number of carboxylic acids is 1. The number of rotatable bonds is 15. The number of ether oxygens (including phenoxy) is 6. The van der Waals surface area contributed by atoms with Crippen LogP contribution in [0.5, 0.6) is 0 Å². The molecule has 0 saturated carbocycles. The molecule has 0 aromatic heterocycles. The zero-order valence-corrected chi connectivity index (χ0v) is 56.3. The van der Waals surface area contributed by atoms with E-state index in [1.165, 1.54) is 34.6 Å². The average Bonchev–Trinajstić information content (AvgIpc) is 3.48. The van der Waals surface area contributed by atoms with Crippen molar-refractivity contribution in [3.05, 3.63) is 0 Å². The Kier molecular flexibility index (Phi) is 61.4. The summed E-state index contributed by atoms with van der Waals surface area (Å²) in [6.07, 6.45) is 0. The molecule has 0 bridgehead atoms. The minimum atomic E-state index is -4.67. The van der Waals surface area contributed by atoms with Crippen molar-refractivity contribution in [3.8, 4) is 0 Å². The van der Waals surface area contributed by atoms with Crippen LogP contribution in [0.15, 0.2) is 0 Å². The molecule has 1 saturated heterocycles. The van der Waals surface area contributed by atoms with Crippen LogP contribution in [0.3, 0.4) is 0 Å². The molecule has 1 aliphatic heterocycles. The second-order valence-electron chi connectivity index (χ2n) is 15.0. The van der Waals surface area contributed by atoms with Gasteiger partial charge >= 0.3 is 97.6 Å². The summed E-state index contributed by atoms with van der Waals surface area (Å²) < 4.78 is 59.4. The summed E-state index contributed by atoms with van der Waals surface area (Å²) in [6, 6.07) is 0. The van der Waals surface area contributed by atoms with Crippen molar-refractivity contribution in [1.29, 1.82) is 0 Å². The molecule has 412 valence electrons. The van der Waals surface area contributed by atoms with E-state index in [4.69, 9.17) is 41.6 Å². The second-order valence-corrected chi connectivity index (χ2v) is 16.5. The first kappa shape index (κ1) is 89.6. The van der Waals surface area contributed by atoms with Crippen molar-refractivity contribution < 1.29 is 160 Å². The minimum Gasteiger partial charge on any atom is -0.550 e. The van der Waals surface area contributed by atoms with Crippen LogP contribution in [0.2, 0.25) is 0 Å². The maximum Gasteiger partial charge on any atom is 1.00 e. The van der Waals surface area contributed by atoms with Gasteiger partial charge in [-0.15, -0.1) is 0 Å². The number of hydrogen-bond donors (Lipinski definition) is 2. The quantitative estimate of drug-likeness (QED) is 0.0453. The van der Waals surface area contributed by atoms with E-state index in [1.54, 1.807) is 76.2 Å². The van der Waals surface area contributed by atoms with Crippen LogP contribution < -0.4 is 56.5 Å². The molecule has 1 fully saturated rings. The fraction of sp³-hybridized carbons (Fsp3) is 0.707. The predicted molar refractivity (Wildman–Crippen MR) is 279 cm³/mol. The van der Waals surface area contributed by atoms with Crippen molar-refractivity contribution in [2.24, 2.45) is 27.6 Å². The van der Waals surface area contributed by atoms with Gasteiger partial charge < -0.3 is 38.3 Å². The fourth-order valence-electron chi connectivity index (χ4n) is 2.86. The average molecular weight is 1490 g/mol. The van der Waals surface area contributed by atoms with Crippen LogP contribution in [-0.4, -0.2) is 133 Å². The smallest absolute Gasteiger partial charge is 0.550 e. The summed E-state index contributed by atoms with van der Waals surface area (Å²) in [6.45, 7) is 26.3. The Morgan fingerprint density at radius 3 is 1.18 bits per heavy atom. The summed E-state index contributed by atoms with van der Waals surface area (Å²) >= 11 is 12.8. The normalized spacial score (nSPS) is 11.9. The molecule has 23 nitrogen and oxygen atoms in total. The van der Waals surface area contributed by atoms with Gasteiger partial charge in [-0.05, 0) is 111 Å². The number of carbonyl (C=O) groups excluding carboxylic acids is 12. The summed E-state index contributed by atoms with van der Waals surface area (Å²) in [5.74, 6) is -5.71. The summed E-state index contributed by atoms with van der Waals surface area (Å²) in [5.41, 5.74) is -4.18. The summed E-state index contributed by atoms with van der Waals surface area (Å²) in [7, 11) is -4.67. The van der Waals surface area contributed by atoms with Gasteiger partial charge in [-0.1, -0.05) is 15.9 Å². The monoisotopic (exact) mass is 1490 g/mol. The molecule has 1 unspecified atom stereocenters. The molecule has 0 amide bonds. The molecule has 1 heterocycles. The van der Waals surface area contributed by atoms with Gasteiger partial charge in [-0.25, -0.2) is 0 Å². The van der Waals surface area contributed by atoms with Crippen LogP contribution >= 0.6 is 81.4 Å². The van der Waals surface area contributed by atoms with Gasteiger partial charge in [0, 0.05) is 78.4 Å². The molecule has 0 radical (unpaired) electrons. The number of halogens is 5. The SMILES string of the molecule is BrBr.CC(=O)[O-].CC1(C)C(=O)COC1=O.CCOC(=O)C(C)(C)C(=O)CBr.CCOC(=O)C(C)(C)C(=O)COC(C)=O.CCOC(=O)C(C)(C)C(C)=O.CCOC(=O)C(C)C(C)=O.II.O=S(=O)(O)O.[K+]. The third-order valence-corrected chi connectivity index (χ3v) is 8.46. The van der Waals surface area contributed by atoms with Crippen molar-refractivity contribution >= 4 is 163 Å². The number of alkyl halides is 1. The maximum atomic E-state index is 11.5. The number of esters is 6. The number of carboxylic acid groups (broad SMARTS) is 1. The Labute approximate surface area is 506 Å². The predicted octanol–water partition coefficient (Wildman–Crippen LogP) is 2.90. The van der Waals surface area contributed by atoms with E-state index in [0.717, 1.165) is 6.92 Å². The van der Waals surface area contributed by atoms with E-state index in [2.05, 4.69) is 95.6 Å². The van der Waals surface area contributed by atoms with Gasteiger partial charge in [0.1, 0.15) is 39.1 Å². The molecule has 1 atom stereocenters. The summed E-state index contributed by atoms with van der Waals surface area (Å²) in [5, 5.41) is 9.07. The number of cyclic esters (lactones) is 1. The molecule has 0 aromatic rings. The van der Waals surface area contributed by atoms with Gasteiger partial charge in [0.25, 0.3) is 0 Å². The Bertz CT molecular complexity index is 1760. The number of aliphatic carboxylic acids is 1. The third-order valence-electron chi connectivity index (χ3n) is 7.95. The van der Waals surface area contributed by atoms with Crippen LogP contribution in [-0.2, 0) is 96.4 Å². The Hall–Kier alpha value is -0.954. The number of hydrogen-bond acceptors (Lipinski definition) is 21. The third kappa shape index (κ3) is 49.7. The van der Waals surface area contributed by atoms with Gasteiger partial charge in [0.15, 0.2) is 30.6 Å². The molecule has 71 heavy (non-hydrogen) atoms. The van der Waals surface area contributed by atoms with Crippen LogP contribution in [0, 0.1) is 27.6 Å². The zero-order chi connectivity index (χ0) is 58.2. The van der Waals surface area contributed by atoms with Crippen molar-refractivity contribution in [2.75, 3.05) is 45.0 Å². The number of carbonyl (C=O) groups is 12. The van der Waals surface area contributed by atoms with Gasteiger partial charge in [-0.3, -0.25) is 61.8 Å². The Morgan fingerprint density at radius 2 is 0.986 bits per heavy atom. The largest absolute Gasteiger partial charge is 1.00 e. The zero-order valence-electron chi connectivity index (χ0n) is 43.3. The molecule has 0 aliphatic carbocycles. The first-order chi connectivity index (χ1) is 31.6. The van der Waals surface area contributed by atoms with E-state index >= 15 is 0 Å². The topological polar surface area (TPSA) is 358 Å². The maximum absolute atomic E-state index is 11.5. The van der Waals surface area contributed by atoms with E-state index in [1.807, 2.05) is 0 Å². The Balaban J connectivity index is -0.0000000912. The minimum absolute atomic E-state index is 0. The molecule has 30 heteroatoms. The number of Topliss-reactive ketones (excluding diaryl/α,β-unsaturated/α-hetero) is 5. The molecule has 1 aliphatic rings. The molecular weight excluding hydrogens is 1430 g/mol. The fourth-order valence-corrected chi connectivity index (χ4v) is 3.56. The van der Waals surface area contributed by atoms with Crippen molar-refractivity contribution in [3.63, 3.8) is 0 Å². The molecule has 2 N–H and O–H groups in total. The van der Waals surface area contributed by atoms with Crippen LogP contribution in [0.25, 0.3) is 0 Å². The van der Waals surface area contributed by atoms with E-state index in [9.17, 15) is 52.7 Å². The van der Waals surface area contributed by atoms with Gasteiger partial charge in [0.05, 0.1) is 31.8 Å². The summed E-state index contributed by atoms with van der Waals surface area (Å²) in [4.78, 5) is 129. The first-order valence-corrected chi connectivity index (χ1v) is 32.4. The van der Waals surface area contributed by atoms with Gasteiger partial charge in [-0.2, -0.15) is 8.42 Å². The Morgan fingerprint density at radius 1 is 0.690 bits per heavy atom. The van der Waals surface area contributed by atoms with Crippen molar-refractivity contribution in [1.82, 2.24) is 0 Å².